The van der Waals surface area contributed by atoms with Gasteiger partial charge in [-0.2, -0.15) is 0 Å². The highest BCUT2D eigenvalue weighted by molar-refractivity contribution is 5.98. The molecule has 4 rings (SSSR count). The van der Waals surface area contributed by atoms with Gasteiger partial charge in [-0.25, -0.2) is 0 Å². The highest BCUT2D eigenvalue weighted by atomic mass is 16.7. The van der Waals surface area contributed by atoms with Crippen LogP contribution in [0.4, 0.5) is 0 Å². The van der Waals surface area contributed by atoms with Gasteiger partial charge in [0.1, 0.15) is 18.1 Å². The van der Waals surface area contributed by atoms with Crippen LogP contribution < -0.4 is 16.0 Å². The molecule has 3 N–H and O–H groups in total. The summed E-state index contributed by atoms with van der Waals surface area (Å²) < 4.78 is 10.6. The first-order valence-corrected chi connectivity index (χ1v) is 12.0. The molecule has 3 aliphatic rings. The van der Waals surface area contributed by atoms with Crippen molar-refractivity contribution in [3.63, 3.8) is 0 Å². The van der Waals surface area contributed by atoms with E-state index >= 15 is 0 Å². The molecule has 3 saturated heterocycles. The number of carbonyl (C=O) groups excluding carboxylic acids is 4. The summed E-state index contributed by atoms with van der Waals surface area (Å²) in [6, 6.07) is 6.53. The highest BCUT2D eigenvalue weighted by Gasteiger charge is 2.44. The van der Waals surface area contributed by atoms with Crippen LogP contribution in [0.1, 0.15) is 49.4 Å². The lowest BCUT2D eigenvalue weighted by Crippen LogP contribution is -2.67. The largest absolute Gasteiger partial charge is 0.433 e. The average molecular weight is 473 g/mol. The minimum Gasteiger partial charge on any atom is -0.433 e. The Balaban J connectivity index is 1.50. The number of piperazine rings is 1. The SMILES string of the molecule is CCOC1OC(=O)CC1NC(=O)[C@@H]1CNC[C@@H]2CCCC[C@H](NC(=O)c3ccccc3)C(=O)N21. The summed E-state index contributed by atoms with van der Waals surface area (Å²) in [7, 11) is 0. The van der Waals surface area contributed by atoms with E-state index in [0.717, 1.165) is 19.3 Å². The molecule has 10 heteroatoms. The van der Waals surface area contributed by atoms with E-state index in [9.17, 15) is 19.2 Å². The minimum absolute atomic E-state index is 0.0175. The second-order valence-corrected chi connectivity index (χ2v) is 8.88. The summed E-state index contributed by atoms with van der Waals surface area (Å²) in [4.78, 5) is 53.1. The van der Waals surface area contributed by atoms with Crippen molar-refractivity contribution in [3.05, 3.63) is 35.9 Å². The number of ether oxygens (including phenoxy) is 2. The van der Waals surface area contributed by atoms with Crippen LogP contribution in [-0.2, 0) is 23.9 Å². The molecule has 1 aromatic rings. The number of benzene rings is 1. The quantitative estimate of drug-likeness (QED) is 0.509. The van der Waals surface area contributed by atoms with E-state index in [2.05, 4.69) is 16.0 Å². The number of amides is 3. The van der Waals surface area contributed by atoms with Crippen molar-refractivity contribution in [3.8, 4) is 0 Å². The summed E-state index contributed by atoms with van der Waals surface area (Å²) in [6.45, 7) is 2.99. The smallest absolute Gasteiger partial charge is 0.310 e. The zero-order chi connectivity index (χ0) is 24.1. The average Bonchev–Trinajstić information content (AvgIpc) is 3.18. The van der Waals surface area contributed by atoms with Crippen LogP contribution in [0.25, 0.3) is 0 Å². The molecule has 0 saturated carbocycles. The number of carbonyl (C=O) groups is 4. The predicted octanol–water partition coefficient (Wildman–Crippen LogP) is 0.322. The fourth-order valence-corrected chi connectivity index (χ4v) is 4.88. The number of hydrogen-bond donors (Lipinski definition) is 3. The van der Waals surface area contributed by atoms with Crippen LogP contribution >= 0.6 is 0 Å². The maximum atomic E-state index is 13.7. The summed E-state index contributed by atoms with van der Waals surface area (Å²) in [5, 5.41) is 9.00. The van der Waals surface area contributed by atoms with Gasteiger partial charge in [0.15, 0.2) is 0 Å². The van der Waals surface area contributed by atoms with Gasteiger partial charge in [-0.15, -0.1) is 0 Å². The van der Waals surface area contributed by atoms with E-state index in [1.54, 1.807) is 36.1 Å². The first-order chi connectivity index (χ1) is 16.5. The van der Waals surface area contributed by atoms with Gasteiger partial charge in [-0.05, 0) is 31.9 Å². The number of rotatable bonds is 6. The zero-order valence-electron chi connectivity index (χ0n) is 19.3. The van der Waals surface area contributed by atoms with Gasteiger partial charge < -0.3 is 30.3 Å². The number of fused-ring (bicyclic) bond motifs is 1. The molecule has 0 spiro atoms. The lowest BCUT2D eigenvalue weighted by Gasteiger charge is -2.44. The van der Waals surface area contributed by atoms with E-state index in [1.165, 1.54) is 0 Å². The monoisotopic (exact) mass is 472 g/mol. The van der Waals surface area contributed by atoms with Crippen molar-refractivity contribution in [2.24, 2.45) is 0 Å². The lowest BCUT2D eigenvalue weighted by atomic mass is 9.94. The zero-order valence-corrected chi connectivity index (χ0v) is 19.3. The molecule has 3 amide bonds. The van der Waals surface area contributed by atoms with Crippen LogP contribution in [-0.4, -0.2) is 78.7 Å². The Morgan fingerprint density at radius 1 is 1.12 bits per heavy atom. The molecular weight excluding hydrogens is 440 g/mol. The number of esters is 1. The second-order valence-electron chi connectivity index (χ2n) is 8.88. The van der Waals surface area contributed by atoms with Gasteiger partial charge in [0.05, 0.1) is 6.42 Å². The van der Waals surface area contributed by atoms with Crippen molar-refractivity contribution in [2.75, 3.05) is 19.7 Å². The van der Waals surface area contributed by atoms with Crippen LogP contribution in [0.5, 0.6) is 0 Å². The van der Waals surface area contributed by atoms with E-state index in [0.29, 0.717) is 25.1 Å². The van der Waals surface area contributed by atoms with Gasteiger partial charge in [0, 0.05) is 31.3 Å². The van der Waals surface area contributed by atoms with E-state index in [-0.39, 0.29) is 36.7 Å². The van der Waals surface area contributed by atoms with Crippen molar-refractivity contribution in [1.82, 2.24) is 20.9 Å². The summed E-state index contributed by atoms with van der Waals surface area (Å²) in [5.41, 5.74) is 0.483. The lowest BCUT2D eigenvalue weighted by molar-refractivity contribution is -0.165. The summed E-state index contributed by atoms with van der Waals surface area (Å²) in [5.74, 6) is -1.37. The van der Waals surface area contributed by atoms with Crippen molar-refractivity contribution in [1.29, 1.82) is 0 Å². The number of cyclic esters (lactones) is 1. The summed E-state index contributed by atoms with van der Waals surface area (Å²) >= 11 is 0. The van der Waals surface area contributed by atoms with Gasteiger partial charge in [0.25, 0.3) is 5.91 Å². The molecule has 3 fully saturated rings. The molecule has 0 aromatic heterocycles. The molecule has 5 atom stereocenters. The van der Waals surface area contributed by atoms with Crippen LogP contribution in [0, 0.1) is 0 Å². The topological polar surface area (TPSA) is 126 Å². The minimum atomic E-state index is -0.838. The second kappa shape index (κ2) is 11.0. The Bertz CT molecular complexity index is 910. The number of nitrogens with one attached hydrogen (secondary N) is 3. The van der Waals surface area contributed by atoms with Crippen LogP contribution in [0.2, 0.25) is 0 Å². The standard InChI is InChI=1S/C24H32N4O6/c1-2-33-24-18(12-20(29)34-24)27-22(31)19-14-25-13-16-10-6-7-11-17(23(32)28(16)19)26-21(30)15-8-4-3-5-9-15/h3-5,8-9,16-19,24-25H,2,6-7,10-14H2,1H3,(H,26,30)(H,27,31)/t16-,17-,18?,19-,24?/m0/s1. The first-order valence-electron chi connectivity index (χ1n) is 12.0. The van der Waals surface area contributed by atoms with Crippen molar-refractivity contribution in [2.45, 2.75) is 69.5 Å². The predicted molar refractivity (Wildman–Crippen MR) is 122 cm³/mol. The third-order valence-electron chi connectivity index (χ3n) is 6.54. The molecule has 34 heavy (non-hydrogen) atoms. The Kier molecular flexibility index (Phi) is 7.79. The third kappa shape index (κ3) is 5.39. The fraction of sp³-hybridized carbons (Fsp3) is 0.583. The first kappa shape index (κ1) is 24.2. The van der Waals surface area contributed by atoms with Crippen LogP contribution in [0.3, 0.4) is 0 Å². The maximum Gasteiger partial charge on any atom is 0.310 e. The Labute approximate surface area is 198 Å². The molecule has 3 heterocycles. The Morgan fingerprint density at radius 3 is 2.65 bits per heavy atom. The molecule has 184 valence electrons. The number of nitrogens with zero attached hydrogens (tertiary/aromatic N) is 1. The van der Waals surface area contributed by atoms with Crippen molar-refractivity contribution < 1.29 is 28.7 Å². The fourth-order valence-electron chi connectivity index (χ4n) is 4.88. The molecule has 2 unspecified atom stereocenters. The highest BCUT2D eigenvalue weighted by Crippen LogP contribution is 2.24. The molecule has 10 nitrogen and oxygen atoms in total. The molecule has 3 aliphatic heterocycles. The normalized spacial score (nSPS) is 29.4. The van der Waals surface area contributed by atoms with Gasteiger partial charge in [-0.1, -0.05) is 31.0 Å². The molecule has 1 aromatic carbocycles. The summed E-state index contributed by atoms with van der Waals surface area (Å²) in [6.07, 6.45) is 2.16. The Morgan fingerprint density at radius 2 is 1.88 bits per heavy atom. The van der Waals surface area contributed by atoms with Gasteiger partial charge >= 0.3 is 5.97 Å². The molecule has 0 bridgehead atoms. The van der Waals surface area contributed by atoms with E-state index in [4.69, 9.17) is 9.47 Å². The van der Waals surface area contributed by atoms with Crippen LogP contribution in [0.15, 0.2) is 30.3 Å². The Hall–Kier alpha value is -2.98. The number of hydrogen-bond acceptors (Lipinski definition) is 7. The van der Waals surface area contributed by atoms with E-state index < -0.39 is 30.4 Å². The van der Waals surface area contributed by atoms with Gasteiger partial charge in [0.2, 0.25) is 18.1 Å². The molecular formula is C24H32N4O6. The maximum absolute atomic E-state index is 13.7. The molecule has 0 radical (unpaired) electrons. The van der Waals surface area contributed by atoms with Gasteiger partial charge in [-0.3, -0.25) is 19.2 Å². The third-order valence-corrected chi connectivity index (χ3v) is 6.54. The van der Waals surface area contributed by atoms with E-state index in [1.807, 2.05) is 6.07 Å². The molecule has 0 aliphatic carbocycles. The van der Waals surface area contributed by atoms with Crippen molar-refractivity contribution >= 4 is 23.7 Å².